The van der Waals surface area contributed by atoms with Gasteiger partial charge in [0.25, 0.3) is 0 Å². The van der Waals surface area contributed by atoms with E-state index in [1.165, 1.54) is 5.56 Å². The first-order valence-electron chi connectivity index (χ1n) is 10.9. The lowest BCUT2D eigenvalue weighted by atomic mass is 10.0. The normalized spacial score (nSPS) is 14.7. The molecule has 4 aromatic rings. The van der Waals surface area contributed by atoms with E-state index in [-0.39, 0.29) is 0 Å². The fraction of sp³-hybridized carbons (Fsp3) is 0.280. The maximum Gasteiger partial charge on any atom is 0.231 e. The molecule has 164 valence electrons. The Morgan fingerprint density at radius 1 is 1.00 bits per heavy atom. The van der Waals surface area contributed by atoms with Crippen molar-refractivity contribution in [1.29, 1.82) is 0 Å². The maximum absolute atomic E-state index is 6.07. The van der Waals surface area contributed by atoms with Gasteiger partial charge in [-0.2, -0.15) is 0 Å². The first kappa shape index (κ1) is 20.9. The summed E-state index contributed by atoms with van der Waals surface area (Å²) in [7, 11) is 0. The van der Waals surface area contributed by atoms with Gasteiger partial charge in [0.1, 0.15) is 0 Å². The Bertz CT molecular complexity index is 1200. The summed E-state index contributed by atoms with van der Waals surface area (Å²) >= 11 is 6.07. The van der Waals surface area contributed by atoms with Gasteiger partial charge in [0.2, 0.25) is 5.88 Å². The number of fused-ring (bicyclic) bond motifs is 1. The molecule has 0 N–H and O–H groups in total. The first-order valence-corrected chi connectivity index (χ1v) is 11.2. The molecule has 7 heteroatoms. The van der Waals surface area contributed by atoms with Crippen LogP contribution in [-0.2, 0) is 17.7 Å². The van der Waals surface area contributed by atoms with Gasteiger partial charge in [0, 0.05) is 42.7 Å². The average molecular weight is 449 g/mol. The third-order valence-corrected chi connectivity index (χ3v) is 5.89. The quantitative estimate of drug-likeness (QED) is 0.416. The molecule has 0 saturated carbocycles. The molecule has 6 nitrogen and oxygen atoms in total. The van der Waals surface area contributed by atoms with Gasteiger partial charge in [0.15, 0.2) is 5.65 Å². The zero-order valence-electron chi connectivity index (χ0n) is 17.8. The summed E-state index contributed by atoms with van der Waals surface area (Å²) in [5, 5.41) is 5.46. The molecular formula is C25H25ClN4O2. The van der Waals surface area contributed by atoms with E-state index in [9.17, 15) is 0 Å². The monoisotopic (exact) mass is 448 g/mol. The fourth-order valence-corrected chi connectivity index (χ4v) is 4.20. The van der Waals surface area contributed by atoms with Crippen LogP contribution in [0.15, 0.2) is 66.9 Å². The van der Waals surface area contributed by atoms with Gasteiger partial charge in [0.05, 0.1) is 31.7 Å². The smallest absolute Gasteiger partial charge is 0.231 e. The SMILES string of the molecule is Clc1cccc(CCOc2ccc3ncc(-c4ccccc4CN4CCOCC4)n3n2)c1. The second kappa shape index (κ2) is 9.69. The minimum atomic E-state index is 0.524. The van der Waals surface area contributed by atoms with Crippen LogP contribution in [0.2, 0.25) is 5.02 Å². The molecule has 3 heterocycles. The molecule has 0 aliphatic carbocycles. The number of hydrogen-bond donors (Lipinski definition) is 0. The Labute approximate surface area is 192 Å². The van der Waals surface area contributed by atoms with E-state index >= 15 is 0 Å². The second-order valence-electron chi connectivity index (χ2n) is 7.86. The third kappa shape index (κ3) is 4.78. The molecule has 0 radical (unpaired) electrons. The Morgan fingerprint density at radius 3 is 2.75 bits per heavy atom. The van der Waals surface area contributed by atoms with E-state index in [4.69, 9.17) is 26.2 Å². The highest BCUT2D eigenvalue weighted by Gasteiger charge is 2.16. The highest BCUT2D eigenvalue weighted by atomic mass is 35.5. The molecule has 1 aliphatic rings. The lowest BCUT2D eigenvalue weighted by molar-refractivity contribution is 0.0342. The van der Waals surface area contributed by atoms with Crippen molar-refractivity contribution >= 4 is 17.2 Å². The van der Waals surface area contributed by atoms with Crippen LogP contribution in [-0.4, -0.2) is 52.4 Å². The Balaban J connectivity index is 1.36. The summed E-state index contributed by atoms with van der Waals surface area (Å²) in [6.07, 6.45) is 2.65. The molecule has 1 saturated heterocycles. The van der Waals surface area contributed by atoms with E-state index in [2.05, 4.69) is 34.1 Å². The van der Waals surface area contributed by atoms with E-state index in [1.807, 2.05) is 47.1 Å². The van der Waals surface area contributed by atoms with Crippen LogP contribution in [0.3, 0.4) is 0 Å². The van der Waals surface area contributed by atoms with E-state index < -0.39 is 0 Å². The first-order chi connectivity index (χ1) is 15.8. The summed E-state index contributed by atoms with van der Waals surface area (Å²) in [5.74, 6) is 0.574. The zero-order valence-corrected chi connectivity index (χ0v) is 18.5. The Morgan fingerprint density at radius 2 is 1.88 bits per heavy atom. The summed E-state index contributed by atoms with van der Waals surface area (Å²) < 4.78 is 13.3. The van der Waals surface area contributed by atoms with Crippen LogP contribution < -0.4 is 4.74 Å². The number of hydrogen-bond acceptors (Lipinski definition) is 5. The van der Waals surface area contributed by atoms with Gasteiger partial charge in [-0.05, 0) is 29.3 Å². The lowest BCUT2D eigenvalue weighted by Gasteiger charge is -2.27. The molecule has 5 rings (SSSR count). The topological polar surface area (TPSA) is 51.9 Å². The molecule has 0 atom stereocenters. The van der Waals surface area contributed by atoms with Gasteiger partial charge in [-0.15, -0.1) is 5.10 Å². The van der Waals surface area contributed by atoms with Gasteiger partial charge >= 0.3 is 0 Å². The number of rotatable bonds is 7. The minimum absolute atomic E-state index is 0.524. The number of nitrogens with zero attached hydrogens (tertiary/aromatic N) is 4. The average Bonchev–Trinajstić information content (AvgIpc) is 3.23. The molecule has 32 heavy (non-hydrogen) atoms. The number of ether oxygens (including phenoxy) is 2. The molecular weight excluding hydrogens is 424 g/mol. The standard InChI is InChI=1S/C25H25ClN4O2/c26-21-6-3-4-19(16-21)10-13-32-25-9-8-24-27-17-23(30(24)28-25)22-7-2-1-5-20(22)18-29-11-14-31-15-12-29/h1-9,16-17H,10-15,18H2. The molecule has 0 bridgehead atoms. The summed E-state index contributed by atoms with van der Waals surface area (Å²) in [6, 6.07) is 20.1. The van der Waals surface area contributed by atoms with Crippen LogP contribution in [0.1, 0.15) is 11.1 Å². The predicted octanol–water partition coefficient (Wildman–Crippen LogP) is 4.50. The zero-order chi connectivity index (χ0) is 21.8. The fourth-order valence-electron chi connectivity index (χ4n) is 3.99. The number of aromatic nitrogens is 3. The van der Waals surface area contributed by atoms with Gasteiger partial charge < -0.3 is 9.47 Å². The number of imidazole rings is 1. The van der Waals surface area contributed by atoms with Crippen molar-refractivity contribution in [2.24, 2.45) is 0 Å². The third-order valence-electron chi connectivity index (χ3n) is 5.66. The van der Waals surface area contributed by atoms with Crippen LogP contribution in [0.5, 0.6) is 5.88 Å². The number of halogens is 1. The number of benzene rings is 2. The molecule has 1 fully saturated rings. The molecule has 1 aliphatic heterocycles. The minimum Gasteiger partial charge on any atom is -0.476 e. The van der Waals surface area contributed by atoms with E-state index in [0.717, 1.165) is 66.8 Å². The van der Waals surface area contributed by atoms with Crippen molar-refractivity contribution in [1.82, 2.24) is 19.5 Å². The lowest BCUT2D eigenvalue weighted by Crippen LogP contribution is -2.35. The highest BCUT2D eigenvalue weighted by Crippen LogP contribution is 2.26. The van der Waals surface area contributed by atoms with Crippen LogP contribution >= 0.6 is 11.6 Å². The molecule has 2 aromatic heterocycles. The van der Waals surface area contributed by atoms with Crippen LogP contribution in [0.25, 0.3) is 16.9 Å². The highest BCUT2D eigenvalue weighted by molar-refractivity contribution is 6.30. The molecule has 2 aromatic carbocycles. The predicted molar refractivity (Wildman–Crippen MR) is 125 cm³/mol. The maximum atomic E-state index is 6.07. The van der Waals surface area contributed by atoms with Crippen molar-refractivity contribution < 1.29 is 9.47 Å². The van der Waals surface area contributed by atoms with Gasteiger partial charge in [-0.3, -0.25) is 4.90 Å². The molecule has 0 amide bonds. The van der Waals surface area contributed by atoms with Crippen molar-refractivity contribution in [3.8, 4) is 17.1 Å². The summed E-state index contributed by atoms with van der Waals surface area (Å²) in [4.78, 5) is 6.98. The summed E-state index contributed by atoms with van der Waals surface area (Å²) in [5.41, 5.74) is 5.28. The van der Waals surface area contributed by atoms with E-state index in [0.29, 0.717) is 12.5 Å². The van der Waals surface area contributed by atoms with Crippen molar-refractivity contribution in [3.05, 3.63) is 83.0 Å². The van der Waals surface area contributed by atoms with Gasteiger partial charge in [-0.1, -0.05) is 48.0 Å². The number of morpholine rings is 1. The van der Waals surface area contributed by atoms with Gasteiger partial charge in [-0.25, -0.2) is 9.50 Å². The van der Waals surface area contributed by atoms with Crippen LogP contribution in [0.4, 0.5) is 0 Å². The van der Waals surface area contributed by atoms with Crippen molar-refractivity contribution in [3.63, 3.8) is 0 Å². The molecule has 0 spiro atoms. The second-order valence-corrected chi connectivity index (χ2v) is 8.30. The Kier molecular flexibility index (Phi) is 6.34. The van der Waals surface area contributed by atoms with E-state index in [1.54, 1.807) is 0 Å². The largest absolute Gasteiger partial charge is 0.476 e. The van der Waals surface area contributed by atoms with Crippen LogP contribution in [0, 0.1) is 0 Å². The molecule has 0 unspecified atom stereocenters. The van der Waals surface area contributed by atoms with Crippen molar-refractivity contribution in [2.45, 2.75) is 13.0 Å². The summed E-state index contributed by atoms with van der Waals surface area (Å²) in [6.45, 7) is 4.87. The van der Waals surface area contributed by atoms with Crippen molar-refractivity contribution in [2.75, 3.05) is 32.9 Å². The Hall–Kier alpha value is -2.93.